The fraction of sp³-hybridized carbons (Fsp3) is 0.688. The lowest BCUT2D eigenvalue weighted by Crippen LogP contribution is -2.40. The molecule has 2 aliphatic rings. The lowest BCUT2D eigenvalue weighted by atomic mass is 10.2. The molecule has 11 heteroatoms. The van der Waals surface area contributed by atoms with Crippen LogP contribution < -0.4 is 5.32 Å². The van der Waals surface area contributed by atoms with Crippen LogP contribution in [0.25, 0.3) is 0 Å². The monoisotopic (exact) mass is 373 g/mol. The van der Waals surface area contributed by atoms with Gasteiger partial charge in [0.15, 0.2) is 5.69 Å². The van der Waals surface area contributed by atoms with Crippen molar-refractivity contribution in [3.63, 3.8) is 0 Å². The summed E-state index contributed by atoms with van der Waals surface area (Å²) in [6.07, 6.45) is 9.30. The van der Waals surface area contributed by atoms with E-state index < -0.39 is 0 Å². The zero-order valence-electron chi connectivity index (χ0n) is 15.1. The molecule has 1 aliphatic carbocycles. The number of carbonyl (C=O) groups is 2. The van der Waals surface area contributed by atoms with Crippen LogP contribution in [0.4, 0.5) is 0 Å². The Labute approximate surface area is 156 Å². The van der Waals surface area contributed by atoms with Gasteiger partial charge < -0.3 is 10.2 Å². The number of tetrazole rings is 1. The highest BCUT2D eigenvalue weighted by Gasteiger charge is 2.30. The van der Waals surface area contributed by atoms with Crippen molar-refractivity contribution in [3.05, 3.63) is 18.2 Å². The third-order valence-electron chi connectivity index (χ3n) is 5.25. The summed E-state index contributed by atoms with van der Waals surface area (Å²) in [7, 11) is 0. The van der Waals surface area contributed by atoms with Gasteiger partial charge in [0.1, 0.15) is 12.9 Å². The first-order valence-electron chi connectivity index (χ1n) is 9.40. The normalized spacial score (nSPS) is 20.3. The van der Waals surface area contributed by atoms with Crippen LogP contribution in [0, 0.1) is 0 Å². The van der Waals surface area contributed by atoms with E-state index in [0.29, 0.717) is 18.8 Å². The summed E-state index contributed by atoms with van der Waals surface area (Å²) in [6.45, 7) is 1.34. The number of nitrogens with one attached hydrogen (secondary N) is 1. The van der Waals surface area contributed by atoms with E-state index >= 15 is 0 Å². The van der Waals surface area contributed by atoms with E-state index in [1.54, 1.807) is 10.9 Å². The SMILES string of the molecule is O=C(NC1CCCC1)c1cn(CC2CCCN2C(=O)Cn2cnnn2)nn1. The molecule has 27 heavy (non-hydrogen) atoms. The quantitative estimate of drug-likeness (QED) is 0.732. The molecule has 2 amide bonds. The molecule has 2 aromatic heterocycles. The van der Waals surface area contributed by atoms with Crippen LogP contribution in [-0.2, 0) is 17.9 Å². The van der Waals surface area contributed by atoms with Crippen LogP contribution in [0.1, 0.15) is 49.0 Å². The maximum absolute atomic E-state index is 12.5. The van der Waals surface area contributed by atoms with Gasteiger partial charge in [-0.2, -0.15) is 0 Å². The van der Waals surface area contributed by atoms with Gasteiger partial charge in [0.05, 0.1) is 18.8 Å². The van der Waals surface area contributed by atoms with E-state index in [4.69, 9.17) is 0 Å². The number of aromatic nitrogens is 7. The number of rotatable bonds is 6. The van der Waals surface area contributed by atoms with E-state index in [1.807, 2.05) is 4.90 Å². The van der Waals surface area contributed by atoms with E-state index in [9.17, 15) is 9.59 Å². The molecule has 1 atom stereocenters. The minimum Gasteiger partial charge on any atom is -0.348 e. The van der Waals surface area contributed by atoms with Gasteiger partial charge in [-0.1, -0.05) is 18.1 Å². The minimum absolute atomic E-state index is 0.0240. The van der Waals surface area contributed by atoms with Gasteiger partial charge in [0.2, 0.25) is 5.91 Å². The number of amides is 2. The minimum atomic E-state index is -0.175. The Bertz CT molecular complexity index is 782. The van der Waals surface area contributed by atoms with Gasteiger partial charge in [0, 0.05) is 12.6 Å². The third kappa shape index (κ3) is 4.12. The molecular weight excluding hydrogens is 350 g/mol. The Morgan fingerprint density at radius 3 is 2.74 bits per heavy atom. The van der Waals surface area contributed by atoms with E-state index in [0.717, 1.165) is 38.5 Å². The average Bonchev–Trinajstić information content (AvgIpc) is 3.44. The Morgan fingerprint density at radius 2 is 1.96 bits per heavy atom. The molecule has 3 heterocycles. The predicted octanol–water partition coefficient (Wildman–Crippen LogP) is -0.372. The molecule has 1 unspecified atom stereocenters. The summed E-state index contributed by atoms with van der Waals surface area (Å²) in [6, 6.07) is 0.276. The summed E-state index contributed by atoms with van der Waals surface area (Å²) in [5.74, 6) is -0.199. The Kier molecular flexibility index (Phi) is 5.07. The van der Waals surface area contributed by atoms with E-state index in [2.05, 4.69) is 31.2 Å². The lowest BCUT2D eigenvalue weighted by Gasteiger charge is -2.24. The first kappa shape index (κ1) is 17.6. The fourth-order valence-corrected chi connectivity index (χ4v) is 3.87. The molecule has 0 aromatic carbocycles. The summed E-state index contributed by atoms with van der Waals surface area (Å²) in [5, 5.41) is 21.9. The third-order valence-corrected chi connectivity index (χ3v) is 5.25. The molecule has 0 spiro atoms. The average molecular weight is 373 g/mol. The Hall–Kier alpha value is -2.85. The van der Waals surface area contributed by atoms with Gasteiger partial charge in [-0.05, 0) is 36.1 Å². The number of likely N-dealkylation sites (tertiary alicyclic amines) is 1. The first-order valence-corrected chi connectivity index (χ1v) is 9.40. The van der Waals surface area contributed by atoms with Crippen molar-refractivity contribution in [2.75, 3.05) is 6.54 Å². The summed E-state index contributed by atoms with van der Waals surface area (Å²) in [4.78, 5) is 26.6. The molecule has 1 N–H and O–H groups in total. The van der Waals surface area contributed by atoms with Crippen LogP contribution in [0.3, 0.4) is 0 Å². The van der Waals surface area contributed by atoms with Crippen LogP contribution in [0.5, 0.6) is 0 Å². The summed E-state index contributed by atoms with van der Waals surface area (Å²) >= 11 is 0. The smallest absolute Gasteiger partial charge is 0.273 e. The number of hydrogen-bond donors (Lipinski definition) is 1. The Balaban J connectivity index is 1.34. The van der Waals surface area contributed by atoms with Gasteiger partial charge >= 0.3 is 0 Å². The largest absolute Gasteiger partial charge is 0.348 e. The lowest BCUT2D eigenvalue weighted by molar-refractivity contribution is -0.133. The van der Waals surface area contributed by atoms with Gasteiger partial charge in [0.25, 0.3) is 5.91 Å². The van der Waals surface area contributed by atoms with Gasteiger partial charge in [-0.25, -0.2) is 9.36 Å². The Morgan fingerprint density at radius 1 is 1.11 bits per heavy atom. The molecule has 4 rings (SSSR count). The number of carbonyl (C=O) groups excluding carboxylic acids is 2. The highest BCUT2D eigenvalue weighted by Crippen LogP contribution is 2.20. The maximum Gasteiger partial charge on any atom is 0.273 e. The van der Waals surface area contributed by atoms with Crippen molar-refractivity contribution in [1.82, 2.24) is 45.4 Å². The van der Waals surface area contributed by atoms with Crippen LogP contribution >= 0.6 is 0 Å². The van der Waals surface area contributed by atoms with Crippen molar-refractivity contribution in [2.45, 2.75) is 63.7 Å². The molecular formula is C16H23N9O2. The van der Waals surface area contributed by atoms with E-state index in [1.165, 1.54) is 11.0 Å². The fourth-order valence-electron chi connectivity index (χ4n) is 3.87. The molecule has 1 aliphatic heterocycles. The second-order valence-corrected chi connectivity index (χ2v) is 7.17. The van der Waals surface area contributed by atoms with Crippen molar-refractivity contribution < 1.29 is 9.59 Å². The predicted molar refractivity (Wildman–Crippen MR) is 92.3 cm³/mol. The van der Waals surface area contributed by atoms with Crippen LogP contribution in [0.15, 0.2) is 12.5 Å². The van der Waals surface area contributed by atoms with Gasteiger partial charge in [-0.3, -0.25) is 9.59 Å². The summed E-state index contributed by atoms with van der Waals surface area (Å²) < 4.78 is 3.06. The van der Waals surface area contributed by atoms with Crippen LogP contribution in [0.2, 0.25) is 0 Å². The highest BCUT2D eigenvalue weighted by molar-refractivity contribution is 5.92. The van der Waals surface area contributed by atoms with E-state index in [-0.39, 0.29) is 30.4 Å². The van der Waals surface area contributed by atoms with Crippen LogP contribution in [-0.4, -0.2) is 70.5 Å². The molecule has 11 nitrogen and oxygen atoms in total. The van der Waals surface area contributed by atoms with Crippen molar-refractivity contribution >= 4 is 11.8 Å². The molecule has 0 bridgehead atoms. The second-order valence-electron chi connectivity index (χ2n) is 7.17. The topological polar surface area (TPSA) is 124 Å². The van der Waals surface area contributed by atoms with Crippen molar-refractivity contribution in [1.29, 1.82) is 0 Å². The molecule has 0 radical (unpaired) electrons. The van der Waals surface area contributed by atoms with Crippen molar-refractivity contribution in [2.24, 2.45) is 0 Å². The first-order chi connectivity index (χ1) is 13.2. The molecule has 1 saturated heterocycles. The zero-order valence-corrected chi connectivity index (χ0v) is 15.1. The molecule has 1 saturated carbocycles. The molecule has 2 aromatic rings. The molecule has 144 valence electrons. The number of hydrogen-bond acceptors (Lipinski definition) is 7. The maximum atomic E-state index is 12.5. The number of nitrogens with zero attached hydrogens (tertiary/aromatic N) is 8. The summed E-state index contributed by atoms with van der Waals surface area (Å²) in [5.41, 5.74) is 0.325. The standard InChI is InChI=1S/C16H23N9O2/c26-15(10-24-11-17-20-22-24)25-7-3-6-13(25)8-23-9-14(19-21-23)16(27)18-12-4-1-2-5-12/h9,11-13H,1-8,10H2,(H,18,27). The molecule has 2 fully saturated rings. The van der Waals surface area contributed by atoms with Gasteiger partial charge in [-0.15, -0.1) is 10.2 Å². The second kappa shape index (κ2) is 7.80. The van der Waals surface area contributed by atoms with Crippen molar-refractivity contribution in [3.8, 4) is 0 Å². The zero-order chi connectivity index (χ0) is 18.6. The highest BCUT2D eigenvalue weighted by atomic mass is 16.2.